The summed E-state index contributed by atoms with van der Waals surface area (Å²) in [5.74, 6) is 0. The Labute approximate surface area is 65.3 Å². The normalized spacial score (nSPS) is 16.0. The summed E-state index contributed by atoms with van der Waals surface area (Å²) in [6, 6.07) is 2.02. The van der Waals surface area contributed by atoms with E-state index in [0.717, 1.165) is 18.4 Å². The van der Waals surface area contributed by atoms with Gasteiger partial charge in [0.05, 0.1) is 0 Å². The van der Waals surface area contributed by atoms with Crippen molar-refractivity contribution in [2.75, 3.05) is 0 Å². The molecule has 1 aromatic heterocycles. The summed E-state index contributed by atoms with van der Waals surface area (Å²) in [5.41, 5.74) is 2.38. The number of fused-ring (bicyclic) bond motifs is 1. The van der Waals surface area contributed by atoms with E-state index >= 15 is 0 Å². The summed E-state index contributed by atoms with van der Waals surface area (Å²) in [7, 11) is 0. The van der Waals surface area contributed by atoms with Gasteiger partial charge in [-0.15, -0.1) is 0 Å². The van der Waals surface area contributed by atoms with Gasteiger partial charge in [-0.1, -0.05) is 0 Å². The third-order valence-corrected chi connectivity index (χ3v) is 2.28. The molecule has 1 heterocycles. The number of hydrogen-bond acceptors (Lipinski definition) is 1. The summed E-state index contributed by atoms with van der Waals surface area (Å²) in [5, 5.41) is 0. The molecule has 0 atom stereocenters. The van der Waals surface area contributed by atoms with Crippen LogP contribution in [0.1, 0.15) is 24.0 Å². The molecule has 0 fully saturated rings. The quantitative estimate of drug-likeness (QED) is 0.591. The van der Waals surface area contributed by atoms with E-state index in [0.29, 0.717) is 0 Å². The number of nitrogens with one attached hydrogen (secondary N) is 1. The molecule has 0 aromatic carbocycles. The number of hydrogen-bond donors (Lipinski definition) is 1. The molecule has 2 rings (SSSR count). The lowest BCUT2D eigenvalue weighted by atomic mass is 9.93. The molecule has 0 radical (unpaired) electrons. The molecule has 0 saturated heterocycles. The highest BCUT2D eigenvalue weighted by Crippen LogP contribution is 2.16. The van der Waals surface area contributed by atoms with E-state index in [1.54, 1.807) is 6.20 Å². The molecular formula is C9H11NO. The zero-order valence-electron chi connectivity index (χ0n) is 6.39. The van der Waals surface area contributed by atoms with Crippen molar-refractivity contribution in [1.82, 2.24) is 4.98 Å². The molecule has 1 aliphatic rings. The van der Waals surface area contributed by atoms with E-state index in [1.165, 1.54) is 18.4 Å². The van der Waals surface area contributed by atoms with E-state index in [4.69, 9.17) is 0 Å². The van der Waals surface area contributed by atoms with Gasteiger partial charge in [0.25, 0.3) is 5.56 Å². The van der Waals surface area contributed by atoms with Crippen molar-refractivity contribution in [3.05, 3.63) is 33.7 Å². The minimum absolute atomic E-state index is 0.113. The van der Waals surface area contributed by atoms with Crippen LogP contribution in [-0.4, -0.2) is 4.98 Å². The third-order valence-electron chi connectivity index (χ3n) is 2.28. The molecule has 2 nitrogen and oxygen atoms in total. The standard InChI is InChI=1S/C9H11NO/c11-9-8-4-2-1-3-7(8)5-6-10-9/h5-6H,1-4H2,(H,10,11). The minimum Gasteiger partial charge on any atom is -0.329 e. The van der Waals surface area contributed by atoms with Gasteiger partial charge in [0.1, 0.15) is 0 Å². The highest BCUT2D eigenvalue weighted by molar-refractivity contribution is 5.25. The summed E-state index contributed by atoms with van der Waals surface area (Å²) in [6.45, 7) is 0. The first-order valence-electron chi connectivity index (χ1n) is 4.07. The van der Waals surface area contributed by atoms with E-state index in [1.807, 2.05) is 6.07 Å². The second kappa shape index (κ2) is 2.53. The summed E-state index contributed by atoms with van der Waals surface area (Å²) < 4.78 is 0. The number of aromatic nitrogens is 1. The van der Waals surface area contributed by atoms with Gasteiger partial charge in [0.2, 0.25) is 0 Å². The molecule has 0 amide bonds. The zero-order valence-corrected chi connectivity index (χ0v) is 6.39. The molecule has 1 aliphatic carbocycles. The minimum atomic E-state index is 0.113. The van der Waals surface area contributed by atoms with Crippen LogP contribution >= 0.6 is 0 Å². The van der Waals surface area contributed by atoms with Crippen molar-refractivity contribution in [3.8, 4) is 0 Å². The topological polar surface area (TPSA) is 32.9 Å². The second-order valence-electron chi connectivity index (χ2n) is 3.02. The Kier molecular flexibility index (Phi) is 1.53. The largest absolute Gasteiger partial charge is 0.329 e. The number of pyridine rings is 1. The maximum Gasteiger partial charge on any atom is 0.251 e. The zero-order chi connectivity index (χ0) is 7.68. The van der Waals surface area contributed by atoms with Gasteiger partial charge in [-0.25, -0.2) is 0 Å². The monoisotopic (exact) mass is 149 g/mol. The van der Waals surface area contributed by atoms with E-state index in [9.17, 15) is 4.79 Å². The molecule has 0 saturated carbocycles. The molecule has 2 heteroatoms. The van der Waals surface area contributed by atoms with Crippen molar-refractivity contribution in [2.24, 2.45) is 0 Å². The maximum absolute atomic E-state index is 11.2. The average Bonchev–Trinajstić information content (AvgIpc) is 2.06. The van der Waals surface area contributed by atoms with Crippen molar-refractivity contribution in [2.45, 2.75) is 25.7 Å². The first-order valence-corrected chi connectivity index (χ1v) is 4.07. The van der Waals surface area contributed by atoms with Crippen LogP contribution in [0.2, 0.25) is 0 Å². The van der Waals surface area contributed by atoms with Crippen LogP contribution in [0.5, 0.6) is 0 Å². The number of aromatic amines is 1. The third kappa shape index (κ3) is 1.09. The van der Waals surface area contributed by atoms with Crippen LogP contribution in [0.3, 0.4) is 0 Å². The van der Waals surface area contributed by atoms with Gasteiger partial charge >= 0.3 is 0 Å². The Morgan fingerprint density at radius 1 is 1.27 bits per heavy atom. The lowest BCUT2D eigenvalue weighted by Gasteiger charge is -2.12. The van der Waals surface area contributed by atoms with E-state index in [-0.39, 0.29) is 5.56 Å². The van der Waals surface area contributed by atoms with Gasteiger partial charge in [0.15, 0.2) is 0 Å². The van der Waals surface area contributed by atoms with Crippen LogP contribution in [0.25, 0.3) is 0 Å². The van der Waals surface area contributed by atoms with Crippen LogP contribution in [0.4, 0.5) is 0 Å². The molecule has 1 aromatic rings. The highest BCUT2D eigenvalue weighted by Gasteiger charge is 2.10. The second-order valence-corrected chi connectivity index (χ2v) is 3.02. The Balaban J connectivity index is 2.58. The van der Waals surface area contributed by atoms with Gasteiger partial charge in [-0.2, -0.15) is 0 Å². The summed E-state index contributed by atoms with van der Waals surface area (Å²) >= 11 is 0. The first kappa shape index (κ1) is 6.65. The van der Waals surface area contributed by atoms with E-state index in [2.05, 4.69) is 4.98 Å². The predicted octanol–water partition coefficient (Wildman–Crippen LogP) is 1.25. The molecule has 11 heavy (non-hydrogen) atoms. The fraction of sp³-hybridized carbons (Fsp3) is 0.444. The molecule has 0 aliphatic heterocycles. The maximum atomic E-state index is 11.2. The molecule has 0 unspecified atom stereocenters. The van der Waals surface area contributed by atoms with Crippen LogP contribution in [-0.2, 0) is 12.8 Å². The van der Waals surface area contributed by atoms with Gasteiger partial charge in [-0.3, -0.25) is 4.79 Å². The van der Waals surface area contributed by atoms with Crippen LogP contribution in [0.15, 0.2) is 17.1 Å². The smallest absolute Gasteiger partial charge is 0.251 e. The predicted molar refractivity (Wildman–Crippen MR) is 43.7 cm³/mol. The Hall–Kier alpha value is -1.05. The first-order chi connectivity index (χ1) is 5.38. The van der Waals surface area contributed by atoms with E-state index < -0.39 is 0 Å². The molecule has 0 bridgehead atoms. The Bertz CT molecular complexity index is 314. The molecular weight excluding hydrogens is 138 g/mol. The average molecular weight is 149 g/mol. The summed E-state index contributed by atoms with van der Waals surface area (Å²) in [6.07, 6.45) is 6.19. The fourth-order valence-electron chi connectivity index (χ4n) is 1.68. The lowest BCUT2D eigenvalue weighted by Crippen LogP contribution is -2.17. The van der Waals surface area contributed by atoms with Crippen LogP contribution < -0.4 is 5.56 Å². The van der Waals surface area contributed by atoms with Crippen molar-refractivity contribution in [3.63, 3.8) is 0 Å². The number of aryl methyl sites for hydroxylation is 1. The Morgan fingerprint density at radius 3 is 2.91 bits per heavy atom. The molecule has 58 valence electrons. The number of rotatable bonds is 0. The van der Waals surface area contributed by atoms with Gasteiger partial charge < -0.3 is 4.98 Å². The van der Waals surface area contributed by atoms with Gasteiger partial charge in [0, 0.05) is 11.8 Å². The van der Waals surface area contributed by atoms with Crippen molar-refractivity contribution in [1.29, 1.82) is 0 Å². The number of H-pyrrole nitrogens is 1. The fourth-order valence-corrected chi connectivity index (χ4v) is 1.68. The van der Waals surface area contributed by atoms with Crippen molar-refractivity contribution >= 4 is 0 Å². The molecule has 1 N–H and O–H groups in total. The highest BCUT2D eigenvalue weighted by atomic mass is 16.1. The SMILES string of the molecule is O=c1[nH]ccc2c1CCCC2. The summed E-state index contributed by atoms with van der Waals surface area (Å²) in [4.78, 5) is 13.9. The lowest BCUT2D eigenvalue weighted by molar-refractivity contribution is 0.677. The van der Waals surface area contributed by atoms with Gasteiger partial charge in [-0.05, 0) is 37.3 Å². The van der Waals surface area contributed by atoms with Crippen molar-refractivity contribution < 1.29 is 0 Å². The molecule has 0 spiro atoms. The van der Waals surface area contributed by atoms with Crippen LogP contribution in [0, 0.1) is 0 Å². The Morgan fingerprint density at radius 2 is 2.09 bits per heavy atom.